The van der Waals surface area contributed by atoms with Crippen molar-refractivity contribution in [2.45, 2.75) is 37.8 Å². The van der Waals surface area contributed by atoms with E-state index in [2.05, 4.69) is 4.98 Å². The summed E-state index contributed by atoms with van der Waals surface area (Å²) in [5, 5.41) is 20.5. The molecule has 1 amide bonds. The largest absolute Gasteiger partial charge is 0.410 e. The Labute approximate surface area is 208 Å². The highest BCUT2D eigenvalue weighted by Gasteiger charge is 2.48. The predicted octanol–water partition coefficient (Wildman–Crippen LogP) is 2.55. The van der Waals surface area contributed by atoms with Crippen molar-refractivity contribution in [2.24, 2.45) is 0 Å². The Hall–Kier alpha value is -3.72. The molecule has 0 unspecified atom stereocenters. The molecule has 1 aliphatic heterocycles. The maximum Gasteiger partial charge on any atom is 0.410 e. The minimum absolute atomic E-state index is 0.270. The maximum atomic E-state index is 15.0. The first-order chi connectivity index (χ1) is 17.5. The summed E-state index contributed by atoms with van der Waals surface area (Å²) >= 11 is 0. The van der Waals surface area contributed by atoms with Crippen LogP contribution >= 0.6 is 0 Å². The van der Waals surface area contributed by atoms with Gasteiger partial charge in [0.05, 0.1) is 17.6 Å². The van der Waals surface area contributed by atoms with E-state index >= 15 is 4.39 Å². The van der Waals surface area contributed by atoms with Crippen LogP contribution < -0.4 is 15.6 Å². The molecule has 1 aromatic carbocycles. The number of anilines is 1. The highest BCUT2D eigenvalue weighted by Crippen LogP contribution is 2.31. The summed E-state index contributed by atoms with van der Waals surface area (Å²) in [5.74, 6) is -7.72. The number of aliphatic hydroxyl groups excluding tert-OH is 2. The fourth-order valence-corrected chi connectivity index (χ4v) is 3.90. The van der Waals surface area contributed by atoms with Crippen LogP contribution in [0.15, 0.2) is 29.2 Å². The molecule has 2 atom stereocenters. The SMILES string of the molecule is CC(C)(NC(=O)c1cn(-c2c(F)cc(F)cc2F)c2nc(N3C[C@@H](O)[C@@H](O)C3)c(F)cc2c1=O)C(F)(F)F. The number of nitrogens with zero attached hydrogens (tertiary/aromatic N) is 3. The Morgan fingerprint density at radius 1 is 1.00 bits per heavy atom. The van der Waals surface area contributed by atoms with Gasteiger partial charge in [0.1, 0.15) is 22.6 Å². The van der Waals surface area contributed by atoms with E-state index in [1.54, 1.807) is 5.32 Å². The number of aliphatic hydroxyl groups is 2. The van der Waals surface area contributed by atoms with Crippen molar-refractivity contribution >= 4 is 22.8 Å². The lowest BCUT2D eigenvalue weighted by atomic mass is 10.0. The second-order valence-corrected chi connectivity index (χ2v) is 9.24. The molecule has 0 spiro atoms. The lowest BCUT2D eigenvalue weighted by molar-refractivity contribution is -0.182. The molecular weight excluding hydrogens is 529 g/mol. The molecule has 2 aromatic heterocycles. The van der Waals surface area contributed by atoms with Gasteiger partial charge in [-0.1, -0.05) is 0 Å². The molecule has 1 fully saturated rings. The quantitative estimate of drug-likeness (QED) is 0.433. The number of amides is 1. The standard InChI is InChI=1S/C23H19F7N4O4/c1-22(2,23(28,29)30)32-21(38)11-6-34(17-12(25)3-9(24)4-13(17)26)19-10(18(11)37)5-14(27)20(31-19)33-7-15(35)16(36)8-33/h3-6,15-16,35-36H,7-8H2,1-2H3,(H,32,38)/t15-,16+. The van der Waals surface area contributed by atoms with Gasteiger partial charge in [-0.3, -0.25) is 14.2 Å². The van der Waals surface area contributed by atoms with E-state index in [1.165, 1.54) is 0 Å². The van der Waals surface area contributed by atoms with E-state index in [-0.39, 0.29) is 25.2 Å². The van der Waals surface area contributed by atoms with Gasteiger partial charge in [0.15, 0.2) is 28.9 Å². The minimum Gasteiger partial charge on any atom is -0.389 e. The normalized spacial score (nSPS) is 18.3. The number of alkyl halides is 3. The van der Waals surface area contributed by atoms with E-state index in [0.717, 1.165) is 4.90 Å². The Morgan fingerprint density at radius 2 is 1.55 bits per heavy atom. The van der Waals surface area contributed by atoms with Crippen LogP contribution in [0.4, 0.5) is 36.6 Å². The number of aromatic nitrogens is 2. The lowest BCUT2D eigenvalue weighted by Gasteiger charge is -2.29. The number of rotatable bonds is 4. The second kappa shape index (κ2) is 9.23. The molecule has 0 radical (unpaired) electrons. The summed E-state index contributed by atoms with van der Waals surface area (Å²) in [4.78, 5) is 30.9. The third kappa shape index (κ3) is 4.67. The van der Waals surface area contributed by atoms with Crippen LogP contribution in [0.2, 0.25) is 0 Å². The monoisotopic (exact) mass is 548 g/mol. The Bertz CT molecular complexity index is 1470. The number of carbonyl (C=O) groups is 1. The Balaban J connectivity index is 2.00. The zero-order chi connectivity index (χ0) is 28.3. The molecule has 3 heterocycles. The summed E-state index contributed by atoms with van der Waals surface area (Å²) in [6.45, 7) is 0.618. The van der Waals surface area contributed by atoms with Gasteiger partial charge in [0.25, 0.3) is 5.91 Å². The number of fused-ring (bicyclic) bond motifs is 1. The van der Waals surface area contributed by atoms with Gasteiger partial charge in [-0.15, -0.1) is 0 Å². The van der Waals surface area contributed by atoms with Gasteiger partial charge in [-0.05, 0) is 19.9 Å². The van der Waals surface area contributed by atoms with Gasteiger partial charge in [-0.2, -0.15) is 13.2 Å². The molecule has 8 nitrogen and oxygen atoms in total. The molecule has 1 aliphatic rings. The fourth-order valence-electron chi connectivity index (χ4n) is 3.90. The second-order valence-electron chi connectivity index (χ2n) is 9.24. The number of hydrogen-bond donors (Lipinski definition) is 3. The van der Waals surface area contributed by atoms with Crippen molar-refractivity contribution in [3.8, 4) is 5.69 Å². The van der Waals surface area contributed by atoms with Gasteiger partial charge in [0.2, 0.25) is 5.43 Å². The third-order valence-corrected chi connectivity index (χ3v) is 6.07. The average Bonchev–Trinajstić information content (AvgIpc) is 3.11. The number of benzene rings is 1. The number of pyridine rings is 2. The van der Waals surface area contributed by atoms with Crippen LogP contribution in [0.1, 0.15) is 24.2 Å². The molecule has 204 valence electrons. The van der Waals surface area contributed by atoms with Gasteiger partial charge < -0.3 is 20.4 Å². The van der Waals surface area contributed by atoms with Crippen molar-refractivity contribution < 1.29 is 45.7 Å². The number of halogens is 7. The lowest BCUT2D eigenvalue weighted by Crippen LogP contribution is -2.54. The Kier molecular flexibility index (Phi) is 6.64. The van der Waals surface area contributed by atoms with Crippen molar-refractivity contribution in [2.75, 3.05) is 18.0 Å². The highest BCUT2D eigenvalue weighted by molar-refractivity contribution is 5.97. The van der Waals surface area contributed by atoms with Gasteiger partial charge in [-0.25, -0.2) is 22.5 Å². The average molecular weight is 548 g/mol. The van der Waals surface area contributed by atoms with Crippen LogP contribution in [-0.2, 0) is 0 Å². The summed E-state index contributed by atoms with van der Waals surface area (Å²) in [5.41, 5.74) is -6.90. The van der Waals surface area contributed by atoms with Crippen LogP contribution in [0.5, 0.6) is 0 Å². The number of nitrogens with one attached hydrogen (secondary N) is 1. The molecule has 1 saturated heterocycles. The molecule has 3 aromatic rings. The fraction of sp³-hybridized carbons (Fsp3) is 0.348. The van der Waals surface area contributed by atoms with Crippen molar-refractivity contribution in [3.05, 3.63) is 63.5 Å². The summed E-state index contributed by atoms with van der Waals surface area (Å²) < 4.78 is 98.6. The van der Waals surface area contributed by atoms with E-state index in [0.29, 0.717) is 30.7 Å². The van der Waals surface area contributed by atoms with Crippen molar-refractivity contribution in [1.82, 2.24) is 14.9 Å². The molecule has 0 saturated carbocycles. The Morgan fingerprint density at radius 3 is 2.08 bits per heavy atom. The van der Waals surface area contributed by atoms with E-state index in [4.69, 9.17) is 0 Å². The zero-order valence-electron chi connectivity index (χ0n) is 19.6. The number of hydrogen-bond acceptors (Lipinski definition) is 6. The van der Waals surface area contributed by atoms with E-state index < -0.39 is 86.6 Å². The first-order valence-electron chi connectivity index (χ1n) is 10.9. The number of carbonyl (C=O) groups excluding carboxylic acids is 1. The summed E-state index contributed by atoms with van der Waals surface area (Å²) in [6, 6.07) is 1.09. The van der Waals surface area contributed by atoms with Crippen molar-refractivity contribution in [1.29, 1.82) is 0 Å². The summed E-state index contributed by atoms with van der Waals surface area (Å²) in [7, 11) is 0. The highest BCUT2D eigenvalue weighted by atomic mass is 19.4. The smallest absolute Gasteiger partial charge is 0.389 e. The van der Waals surface area contributed by atoms with Gasteiger partial charge >= 0.3 is 6.18 Å². The summed E-state index contributed by atoms with van der Waals surface area (Å²) in [6.07, 6.45) is -7.02. The topological polar surface area (TPSA) is 108 Å². The molecule has 0 aliphatic carbocycles. The first kappa shape index (κ1) is 27.3. The maximum absolute atomic E-state index is 15.0. The third-order valence-electron chi connectivity index (χ3n) is 6.07. The molecule has 0 bridgehead atoms. The molecule has 15 heteroatoms. The van der Waals surface area contributed by atoms with Crippen LogP contribution in [0.3, 0.4) is 0 Å². The van der Waals surface area contributed by atoms with E-state index in [9.17, 15) is 46.1 Å². The van der Waals surface area contributed by atoms with Crippen LogP contribution in [-0.4, -0.2) is 62.7 Å². The van der Waals surface area contributed by atoms with Crippen LogP contribution in [0, 0.1) is 23.3 Å². The van der Waals surface area contributed by atoms with Crippen LogP contribution in [0.25, 0.3) is 16.7 Å². The number of β-amino-alcohol motifs (C(OH)–C–C–N with tert-alkyl or cyclic N) is 2. The molecule has 38 heavy (non-hydrogen) atoms. The first-order valence-corrected chi connectivity index (χ1v) is 10.9. The van der Waals surface area contributed by atoms with Gasteiger partial charge in [0, 0.05) is 31.4 Å². The van der Waals surface area contributed by atoms with E-state index in [1.807, 2.05) is 0 Å². The zero-order valence-corrected chi connectivity index (χ0v) is 19.6. The minimum atomic E-state index is -4.96. The predicted molar refractivity (Wildman–Crippen MR) is 119 cm³/mol. The molecule has 4 rings (SSSR count). The molecule has 3 N–H and O–H groups in total. The van der Waals surface area contributed by atoms with Crippen molar-refractivity contribution in [3.63, 3.8) is 0 Å². The molecular formula is C23H19F7N4O4.